The van der Waals surface area contributed by atoms with Crippen LogP contribution in [0.4, 0.5) is 0 Å². The molecular formula is C25H16OS. The van der Waals surface area contributed by atoms with Crippen molar-refractivity contribution in [2.45, 2.75) is 0 Å². The summed E-state index contributed by atoms with van der Waals surface area (Å²) in [4.78, 5) is 11.9. The third-order valence-electron chi connectivity index (χ3n) is 4.92. The largest absolute Gasteiger partial charge is 0.289 e. The highest BCUT2D eigenvalue weighted by atomic mass is 32.1. The molecule has 0 aliphatic heterocycles. The van der Waals surface area contributed by atoms with E-state index in [1.165, 1.54) is 20.2 Å². The summed E-state index contributed by atoms with van der Waals surface area (Å²) in [5.74, 6) is 0.149. The fraction of sp³-hybridized carbons (Fsp3) is 0. The van der Waals surface area contributed by atoms with Crippen LogP contribution in [0.25, 0.3) is 31.3 Å². The lowest BCUT2D eigenvalue weighted by molar-refractivity contribution is 0.104. The fourth-order valence-electron chi connectivity index (χ4n) is 3.65. The van der Waals surface area contributed by atoms with Gasteiger partial charge < -0.3 is 0 Å². The average molecular weight is 364 g/mol. The third kappa shape index (κ3) is 2.66. The Kier molecular flexibility index (Phi) is 3.84. The van der Waals surface area contributed by atoms with E-state index in [-0.39, 0.29) is 5.78 Å². The van der Waals surface area contributed by atoms with E-state index >= 15 is 0 Å². The molecule has 128 valence electrons. The summed E-state index contributed by atoms with van der Waals surface area (Å²) >= 11 is 1.86. The standard InChI is InChI=1S/C13H8O.C12H8S/c14-13-11-7-3-1-5-9(11)10-6-2-4-8-12(10)13;1-3-7-11-9(5-1)10-6-2-4-8-12(10)13-11/h1-8H;1-8H. The Hall–Kier alpha value is -3.23. The summed E-state index contributed by atoms with van der Waals surface area (Å²) in [6, 6.07) is 32.6. The molecule has 1 nitrogen and oxygen atoms in total. The van der Waals surface area contributed by atoms with Crippen LogP contribution in [0, 0.1) is 0 Å². The van der Waals surface area contributed by atoms with Gasteiger partial charge in [0.25, 0.3) is 0 Å². The van der Waals surface area contributed by atoms with Crippen molar-refractivity contribution in [3.63, 3.8) is 0 Å². The van der Waals surface area contributed by atoms with Crippen molar-refractivity contribution in [2.24, 2.45) is 0 Å². The minimum absolute atomic E-state index is 0.149. The lowest BCUT2D eigenvalue weighted by Crippen LogP contribution is -1.93. The predicted molar refractivity (Wildman–Crippen MR) is 115 cm³/mol. The van der Waals surface area contributed by atoms with Gasteiger partial charge in [-0.05, 0) is 23.3 Å². The summed E-state index contributed by atoms with van der Waals surface area (Å²) in [5, 5.41) is 2.76. The molecule has 1 heterocycles. The molecule has 1 aromatic heterocycles. The minimum Gasteiger partial charge on any atom is -0.289 e. The van der Waals surface area contributed by atoms with E-state index in [0.717, 1.165) is 22.3 Å². The number of fused-ring (bicyclic) bond motifs is 6. The van der Waals surface area contributed by atoms with E-state index in [2.05, 4.69) is 48.5 Å². The lowest BCUT2D eigenvalue weighted by Gasteiger charge is -1.96. The van der Waals surface area contributed by atoms with Gasteiger partial charge in [-0.2, -0.15) is 0 Å². The van der Waals surface area contributed by atoms with Gasteiger partial charge in [-0.15, -0.1) is 11.3 Å². The molecule has 0 fully saturated rings. The molecule has 1 aliphatic rings. The zero-order valence-electron chi connectivity index (χ0n) is 14.6. The van der Waals surface area contributed by atoms with E-state index in [1.54, 1.807) is 0 Å². The van der Waals surface area contributed by atoms with Crippen molar-refractivity contribution in [3.05, 3.63) is 108 Å². The van der Waals surface area contributed by atoms with E-state index < -0.39 is 0 Å². The molecule has 0 atom stereocenters. The normalized spacial score (nSPS) is 11.8. The molecule has 6 rings (SSSR count). The first kappa shape index (κ1) is 16.0. The highest BCUT2D eigenvalue weighted by molar-refractivity contribution is 7.25. The second-order valence-corrected chi connectivity index (χ2v) is 7.60. The van der Waals surface area contributed by atoms with E-state index in [9.17, 15) is 4.79 Å². The number of rotatable bonds is 0. The molecule has 0 unspecified atom stereocenters. The Bertz CT molecular complexity index is 1200. The van der Waals surface area contributed by atoms with Gasteiger partial charge in [0, 0.05) is 31.3 Å². The van der Waals surface area contributed by atoms with Gasteiger partial charge in [-0.25, -0.2) is 0 Å². The fourth-order valence-corrected chi connectivity index (χ4v) is 4.76. The van der Waals surface area contributed by atoms with Crippen molar-refractivity contribution in [1.29, 1.82) is 0 Å². The number of hydrogen-bond donors (Lipinski definition) is 0. The van der Waals surface area contributed by atoms with Gasteiger partial charge in [0.15, 0.2) is 5.78 Å². The lowest BCUT2D eigenvalue weighted by atomic mass is 10.1. The number of hydrogen-bond acceptors (Lipinski definition) is 2. The highest BCUT2D eigenvalue weighted by Gasteiger charge is 2.24. The summed E-state index contributed by atoms with van der Waals surface area (Å²) in [6.45, 7) is 0. The van der Waals surface area contributed by atoms with Crippen molar-refractivity contribution in [2.75, 3.05) is 0 Å². The monoisotopic (exact) mass is 364 g/mol. The second-order valence-electron chi connectivity index (χ2n) is 6.51. The Labute approximate surface area is 161 Å². The number of thiophene rings is 1. The quantitative estimate of drug-likeness (QED) is 0.285. The molecule has 0 saturated carbocycles. The number of benzene rings is 4. The van der Waals surface area contributed by atoms with E-state index in [4.69, 9.17) is 0 Å². The second kappa shape index (κ2) is 6.49. The van der Waals surface area contributed by atoms with Crippen molar-refractivity contribution in [3.8, 4) is 11.1 Å². The Balaban J connectivity index is 0.000000119. The van der Waals surface area contributed by atoms with Gasteiger partial charge in [0.2, 0.25) is 0 Å². The number of ketones is 1. The molecule has 0 bridgehead atoms. The molecule has 4 aromatic carbocycles. The van der Waals surface area contributed by atoms with Crippen LogP contribution in [-0.2, 0) is 0 Å². The van der Waals surface area contributed by atoms with Crippen LogP contribution in [0.1, 0.15) is 15.9 Å². The molecular weight excluding hydrogens is 348 g/mol. The molecule has 0 spiro atoms. The Morgan fingerprint density at radius 3 is 1.30 bits per heavy atom. The van der Waals surface area contributed by atoms with Crippen molar-refractivity contribution < 1.29 is 4.79 Å². The SMILES string of the molecule is O=C1c2ccccc2-c2ccccc21.c1ccc2c(c1)sc1ccccc12. The molecule has 27 heavy (non-hydrogen) atoms. The molecule has 1 aliphatic carbocycles. The van der Waals surface area contributed by atoms with Crippen LogP contribution < -0.4 is 0 Å². The van der Waals surface area contributed by atoms with Crippen molar-refractivity contribution in [1.82, 2.24) is 0 Å². The first-order chi connectivity index (χ1) is 13.3. The molecule has 0 N–H and O–H groups in total. The summed E-state index contributed by atoms with van der Waals surface area (Å²) in [5.41, 5.74) is 3.78. The van der Waals surface area contributed by atoms with Gasteiger partial charge in [-0.1, -0.05) is 84.9 Å². The van der Waals surface area contributed by atoms with Crippen LogP contribution in [0.2, 0.25) is 0 Å². The van der Waals surface area contributed by atoms with Gasteiger partial charge in [0.1, 0.15) is 0 Å². The maximum atomic E-state index is 11.9. The van der Waals surface area contributed by atoms with Crippen LogP contribution in [0.15, 0.2) is 97.1 Å². The zero-order chi connectivity index (χ0) is 18.2. The molecule has 0 amide bonds. The number of carbonyl (C=O) groups excluding carboxylic acids is 1. The maximum absolute atomic E-state index is 11.9. The summed E-state index contributed by atoms with van der Waals surface area (Å²) < 4.78 is 2.76. The zero-order valence-corrected chi connectivity index (χ0v) is 15.4. The molecule has 2 heteroatoms. The maximum Gasteiger partial charge on any atom is 0.194 e. The predicted octanol–water partition coefficient (Wildman–Crippen LogP) is 6.95. The van der Waals surface area contributed by atoms with Crippen LogP contribution in [0.5, 0.6) is 0 Å². The molecule has 5 aromatic rings. The summed E-state index contributed by atoms with van der Waals surface area (Å²) in [7, 11) is 0. The molecule has 0 saturated heterocycles. The van der Waals surface area contributed by atoms with Gasteiger partial charge in [0.05, 0.1) is 0 Å². The smallest absolute Gasteiger partial charge is 0.194 e. The van der Waals surface area contributed by atoms with E-state index in [0.29, 0.717) is 0 Å². The average Bonchev–Trinajstić information content (AvgIpc) is 3.25. The topological polar surface area (TPSA) is 17.1 Å². The first-order valence-electron chi connectivity index (χ1n) is 8.92. The number of carbonyl (C=O) groups is 1. The molecule has 0 radical (unpaired) electrons. The van der Waals surface area contributed by atoms with Crippen LogP contribution in [-0.4, -0.2) is 5.78 Å². The highest BCUT2D eigenvalue weighted by Crippen LogP contribution is 2.35. The first-order valence-corrected chi connectivity index (χ1v) is 9.74. The summed E-state index contributed by atoms with van der Waals surface area (Å²) in [6.07, 6.45) is 0. The minimum atomic E-state index is 0.149. The Morgan fingerprint density at radius 2 is 0.815 bits per heavy atom. The van der Waals surface area contributed by atoms with Crippen LogP contribution in [0.3, 0.4) is 0 Å². The Morgan fingerprint density at radius 1 is 0.444 bits per heavy atom. The van der Waals surface area contributed by atoms with Gasteiger partial charge >= 0.3 is 0 Å². The van der Waals surface area contributed by atoms with Crippen LogP contribution >= 0.6 is 11.3 Å². The van der Waals surface area contributed by atoms with Crippen molar-refractivity contribution >= 4 is 37.3 Å². The third-order valence-corrected chi connectivity index (χ3v) is 6.07. The van der Waals surface area contributed by atoms with Gasteiger partial charge in [-0.3, -0.25) is 4.79 Å². The van der Waals surface area contributed by atoms with E-state index in [1.807, 2.05) is 59.9 Å².